The van der Waals surface area contributed by atoms with Gasteiger partial charge in [-0.05, 0) is 11.1 Å². The van der Waals surface area contributed by atoms with Gasteiger partial charge in [0.05, 0.1) is 11.9 Å². The predicted octanol–water partition coefficient (Wildman–Crippen LogP) is 4.13. The van der Waals surface area contributed by atoms with Crippen molar-refractivity contribution in [2.45, 2.75) is 0 Å². The summed E-state index contributed by atoms with van der Waals surface area (Å²) in [5.74, 6) is 0. The molecule has 2 heteroatoms. The number of benzene rings is 2. The number of aromatic nitrogens is 1. The number of hydrogen-bond acceptors (Lipinski definition) is 0. The van der Waals surface area contributed by atoms with Gasteiger partial charge in [0, 0.05) is 27.2 Å². The van der Waals surface area contributed by atoms with Gasteiger partial charge in [0.15, 0.2) is 0 Å². The van der Waals surface area contributed by atoms with Gasteiger partial charge in [0.2, 0.25) is 0 Å². The summed E-state index contributed by atoms with van der Waals surface area (Å²) in [5.41, 5.74) is 5.54. The van der Waals surface area contributed by atoms with Crippen LogP contribution in [0.4, 0.5) is 0 Å². The van der Waals surface area contributed by atoms with Gasteiger partial charge in [-0.15, -0.1) is 17.7 Å². The summed E-state index contributed by atoms with van der Waals surface area (Å²) in [4.78, 5) is 0. The summed E-state index contributed by atoms with van der Waals surface area (Å²) in [5, 5.41) is 0. The van der Waals surface area contributed by atoms with E-state index < -0.39 is 0 Å². The number of pyridine rings is 1. The van der Waals surface area contributed by atoms with Crippen LogP contribution in [0.3, 0.4) is 0 Å². The van der Waals surface area contributed by atoms with E-state index in [1.54, 1.807) is 0 Å². The molecule has 107 valence electrons. The molecule has 2 aromatic carbocycles. The Labute approximate surface area is 139 Å². The van der Waals surface area contributed by atoms with Gasteiger partial charge in [-0.2, -0.15) is 18.6 Å². The van der Waals surface area contributed by atoms with E-state index in [4.69, 9.17) is 0 Å². The zero-order chi connectivity index (χ0) is 13.9. The van der Waals surface area contributed by atoms with Crippen molar-refractivity contribution >= 4 is 0 Å². The van der Waals surface area contributed by atoms with Crippen LogP contribution in [0.25, 0.3) is 22.4 Å². The first kappa shape index (κ1) is 15.4. The molecule has 0 atom stereocenters. The van der Waals surface area contributed by atoms with Gasteiger partial charge in [-0.1, -0.05) is 48.5 Å². The molecule has 0 unspecified atom stereocenters. The molecule has 0 bridgehead atoms. The standard InChI is InChI=1S/C19H16N.Ir/c1-15-8-6-7-11-18(15)19-13-12-17(14-20(19)2)16-9-4-3-5-10-16;/h3-14H,1-2H2;/q-1;. The summed E-state index contributed by atoms with van der Waals surface area (Å²) in [7, 11) is 4.11. The van der Waals surface area contributed by atoms with Crippen molar-refractivity contribution in [3.63, 3.8) is 0 Å². The first-order valence-electron chi connectivity index (χ1n) is 6.59. The molecule has 0 aliphatic rings. The molecule has 0 amide bonds. The Morgan fingerprint density at radius 2 is 1.38 bits per heavy atom. The van der Waals surface area contributed by atoms with E-state index in [9.17, 15) is 0 Å². The molecule has 0 aliphatic carbocycles. The van der Waals surface area contributed by atoms with E-state index in [1.807, 2.05) is 41.0 Å². The Hall–Kier alpha value is -2.02. The molecular formula is C19H16IrN-. The fourth-order valence-electron chi connectivity index (χ4n) is 2.36. The molecule has 3 aromatic rings. The third-order valence-corrected chi connectivity index (χ3v) is 3.43. The van der Waals surface area contributed by atoms with Gasteiger partial charge in [-0.25, -0.2) is 0 Å². The second kappa shape index (κ2) is 6.62. The molecular weight excluding hydrogens is 434 g/mol. The first-order valence-corrected chi connectivity index (χ1v) is 6.59. The topological polar surface area (TPSA) is 3.88 Å². The molecule has 1 aromatic heterocycles. The molecule has 1 heterocycles. The maximum atomic E-state index is 4.11. The van der Waals surface area contributed by atoms with Crippen LogP contribution in [-0.2, 0) is 20.1 Å². The summed E-state index contributed by atoms with van der Waals surface area (Å²) < 4.78 is 1.91. The second-order valence-electron chi connectivity index (χ2n) is 4.80. The Bertz CT molecular complexity index is 736. The van der Waals surface area contributed by atoms with E-state index >= 15 is 0 Å². The van der Waals surface area contributed by atoms with Crippen LogP contribution in [0.1, 0.15) is 5.56 Å². The zero-order valence-electron chi connectivity index (χ0n) is 11.6. The molecule has 0 saturated carbocycles. The van der Waals surface area contributed by atoms with Crippen molar-refractivity contribution in [1.29, 1.82) is 0 Å². The molecule has 0 spiro atoms. The predicted molar refractivity (Wildman–Crippen MR) is 82.7 cm³/mol. The quantitative estimate of drug-likeness (QED) is 0.408. The van der Waals surface area contributed by atoms with Crippen molar-refractivity contribution < 1.29 is 24.7 Å². The minimum Gasteiger partial charge on any atom is -0.343 e. The van der Waals surface area contributed by atoms with Crippen molar-refractivity contribution in [3.8, 4) is 22.4 Å². The maximum absolute atomic E-state index is 4.11. The van der Waals surface area contributed by atoms with Crippen LogP contribution in [-0.4, -0.2) is 0 Å². The van der Waals surface area contributed by atoms with Crippen LogP contribution in [0, 0.1) is 14.0 Å². The average molecular weight is 451 g/mol. The number of hydrogen-bond donors (Lipinski definition) is 0. The summed E-state index contributed by atoms with van der Waals surface area (Å²) in [6.07, 6.45) is 2.05. The van der Waals surface area contributed by atoms with Crippen LogP contribution in [0.2, 0.25) is 0 Å². The number of rotatable bonds is 2. The Kier molecular flexibility index (Phi) is 4.85. The third-order valence-electron chi connectivity index (χ3n) is 3.43. The minimum atomic E-state index is 0. The minimum absolute atomic E-state index is 0. The molecule has 0 fully saturated rings. The molecule has 21 heavy (non-hydrogen) atoms. The fourth-order valence-corrected chi connectivity index (χ4v) is 2.36. The smallest absolute Gasteiger partial charge is 0.0765 e. The van der Waals surface area contributed by atoms with Crippen molar-refractivity contribution in [2.24, 2.45) is 0 Å². The first-order chi connectivity index (χ1) is 9.75. The fraction of sp³-hybridized carbons (Fsp3) is 0. The molecule has 0 N–H and O–H groups in total. The summed E-state index contributed by atoms with van der Waals surface area (Å²) in [6.45, 7) is 4.08. The van der Waals surface area contributed by atoms with Crippen molar-refractivity contribution in [3.05, 3.63) is 92.5 Å². The third kappa shape index (κ3) is 3.18. The van der Waals surface area contributed by atoms with Crippen LogP contribution in [0.5, 0.6) is 0 Å². The summed E-state index contributed by atoms with van der Waals surface area (Å²) >= 11 is 0. The van der Waals surface area contributed by atoms with E-state index in [0.717, 1.165) is 22.4 Å². The largest absolute Gasteiger partial charge is 0.343 e. The van der Waals surface area contributed by atoms with Gasteiger partial charge in [0.1, 0.15) is 0 Å². The molecule has 1 radical (unpaired) electrons. The molecule has 3 rings (SSSR count). The van der Waals surface area contributed by atoms with Crippen LogP contribution in [0.15, 0.2) is 72.9 Å². The van der Waals surface area contributed by atoms with E-state index in [2.05, 4.69) is 50.5 Å². The number of nitrogens with zero attached hydrogens (tertiary/aromatic N) is 1. The Balaban J connectivity index is 0.00000161. The average Bonchev–Trinajstić information content (AvgIpc) is 2.49. The summed E-state index contributed by atoms with van der Waals surface area (Å²) in [6, 6.07) is 22.6. The van der Waals surface area contributed by atoms with Crippen molar-refractivity contribution in [2.75, 3.05) is 0 Å². The molecule has 0 saturated heterocycles. The normalized spacial score (nSPS) is 9.90. The van der Waals surface area contributed by atoms with Crippen LogP contribution >= 0.6 is 0 Å². The van der Waals surface area contributed by atoms with Gasteiger partial charge in [-0.3, -0.25) is 0 Å². The van der Waals surface area contributed by atoms with E-state index in [0.29, 0.717) is 0 Å². The van der Waals surface area contributed by atoms with E-state index in [1.165, 1.54) is 5.56 Å². The second-order valence-corrected chi connectivity index (χ2v) is 4.80. The van der Waals surface area contributed by atoms with Crippen molar-refractivity contribution in [1.82, 2.24) is 0 Å². The Morgan fingerprint density at radius 1 is 0.714 bits per heavy atom. The van der Waals surface area contributed by atoms with Gasteiger partial charge in [0.25, 0.3) is 0 Å². The monoisotopic (exact) mass is 451 g/mol. The molecule has 0 aliphatic heterocycles. The van der Waals surface area contributed by atoms with Gasteiger partial charge >= 0.3 is 0 Å². The van der Waals surface area contributed by atoms with Crippen LogP contribution < -0.4 is 4.57 Å². The molecule has 1 nitrogen and oxygen atoms in total. The zero-order valence-corrected chi connectivity index (χ0v) is 14.0. The van der Waals surface area contributed by atoms with E-state index in [-0.39, 0.29) is 20.1 Å². The maximum Gasteiger partial charge on any atom is 0.0765 e. The Morgan fingerprint density at radius 3 is 2.05 bits per heavy atom. The SMILES string of the molecule is [CH2-]c1ccccc1-c1ccc(-c2ccccc2)c[n+]1[CH2-].[Ir]. The van der Waals surface area contributed by atoms with Gasteiger partial charge < -0.3 is 4.57 Å².